The molecule has 0 saturated heterocycles. The number of carbonyl (C=O) groups excluding carboxylic acids is 2. The van der Waals surface area contributed by atoms with Gasteiger partial charge in [0.15, 0.2) is 5.06 Å². The van der Waals surface area contributed by atoms with Crippen molar-refractivity contribution in [1.82, 2.24) is 0 Å². The molecule has 5 heteroatoms. The maximum Gasteiger partial charge on any atom is 0.330 e. The number of rotatable bonds is 5. The second-order valence-corrected chi connectivity index (χ2v) is 3.87. The minimum Gasteiger partial charge on any atom is -0.462 e. The number of halogens is 1. The van der Waals surface area contributed by atoms with E-state index in [2.05, 4.69) is 11.3 Å². The molecule has 0 aliphatic rings. The summed E-state index contributed by atoms with van der Waals surface area (Å²) in [6.45, 7) is 6.26. The van der Waals surface area contributed by atoms with Gasteiger partial charge >= 0.3 is 11.9 Å². The summed E-state index contributed by atoms with van der Waals surface area (Å²) < 4.78 is 9.34. The Hall–Kier alpha value is -1.03. The van der Waals surface area contributed by atoms with Crippen molar-refractivity contribution < 1.29 is 19.1 Å². The van der Waals surface area contributed by atoms with Gasteiger partial charge in [-0.1, -0.05) is 18.2 Å². The number of ether oxygens (including phenoxy) is 2. The SMILES string of the molecule is C=CC(=O)OCCC(=O)OC(C)(C)Cl. The van der Waals surface area contributed by atoms with Crippen LogP contribution in [0.25, 0.3) is 0 Å². The number of esters is 2. The molecule has 0 aliphatic heterocycles. The second kappa shape index (κ2) is 5.65. The van der Waals surface area contributed by atoms with Crippen LogP contribution in [0.2, 0.25) is 0 Å². The van der Waals surface area contributed by atoms with E-state index in [1.165, 1.54) is 0 Å². The van der Waals surface area contributed by atoms with Gasteiger partial charge in [0.05, 0.1) is 6.42 Å². The third-order valence-corrected chi connectivity index (χ3v) is 1.15. The molecule has 14 heavy (non-hydrogen) atoms. The Kier molecular flexibility index (Phi) is 5.23. The number of carbonyl (C=O) groups is 2. The van der Waals surface area contributed by atoms with E-state index in [1.54, 1.807) is 13.8 Å². The Morgan fingerprint density at radius 2 is 2.07 bits per heavy atom. The summed E-state index contributed by atoms with van der Waals surface area (Å²) >= 11 is 5.63. The lowest BCUT2D eigenvalue weighted by Gasteiger charge is -2.16. The van der Waals surface area contributed by atoms with Crippen LogP contribution in [-0.2, 0) is 19.1 Å². The van der Waals surface area contributed by atoms with Gasteiger partial charge in [-0.15, -0.1) is 0 Å². The highest BCUT2D eigenvalue weighted by Crippen LogP contribution is 2.14. The monoisotopic (exact) mass is 220 g/mol. The summed E-state index contributed by atoms with van der Waals surface area (Å²) in [6.07, 6.45) is 1.01. The van der Waals surface area contributed by atoms with Crippen LogP contribution in [0.1, 0.15) is 20.3 Å². The molecule has 0 bridgehead atoms. The lowest BCUT2D eigenvalue weighted by molar-refractivity contribution is -0.152. The van der Waals surface area contributed by atoms with Crippen molar-refractivity contribution in [3.05, 3.63) is 12.7 Å². The van der Waals surface area contributed by atoms with E-state index >= 15 is 0 Å². The molecule has 0 N–H and O–H groups in total. The summed E-state index contributed by atoms with van der Waals surface area (Å²) in [7, 11) is 0. The molecule has 4 nitrogen and oxygen atoms in total. The molecule has 80 valence electrons. The second-order valence-electron chi connectivity index (χ2n) is 2.96. The highest BCUT2D eigenvalue weighted by molar-refractivity contribution is 6.22. The third kappa shape index (κ3) is 7.61. The van der Waals surface area contributed by atoms with Crippen LogP contribution >= 0.6 is 11.6 Å². The third-order valence-electron chi connectivity index (χ3n) is 1.07. The van der Waals surface area contributed by atoms with Gasteiger partial charge in [0.2, 0.25) is 0 Å². The molecule has 0 aliphatic carbocycles. The number of hydrogen-bond acceptors (Lipinski definition) is 4. The van der Waals surface area contributed by atoms with Crippen LogP contribution in [0.15, 0.2) is 12.7 Å². The summed E-state index contributed by atoms with van der Waals surface area (Å²) in [6, 6.07) is 0. The largest absolute Gasteiger partial charge is 0.462 e. The van der Waals surface area contributed by atoms with Gasteiger partial charge in [0.1, 0.15) is 6.61 Å². The van der Waals surface area contributed by atoms with Gasteiger partial charge < -0.3 is 9.47 Å². The Bertz CT molecular complexity index is 229. The Morgan fingerprint density at radius 3 is 2.50 bits per heavy atom. The van der Waals surface area contributed by atoms with Crippen molar-refractivity contribution in [2.45, 2.75) is 25.3 Å². The van der Waals surface area contributed by atoms with Crippen LogP contribution in [0.5, 0.6) is 0 Å². The quantitative estimate of drug-likeness (QED) is 0.401. The molecule has 0 amide bonds. The van der Waals surface area contributed by atoms with Crippen molar-refractivity contribution >= 4 is 23.5 Å². The average Bonchev–Trinajstić information content (AvgIpc) is 2.00. The fourth-order valence-electron chi connectivity index (χ4n) is 0.616. The topological polar surface area (TPSA) is 52.6 Å². The summed E-state index contributed by atoms with van der Waals surface area (Å²) in [5.41, 5.74) is 0. The smallest absolute Gasteiger partial charge is 0.330 e. The van der Waals surface area contributed by atoms with Crippen molar-refractivity contribution in [2.24, 2.45) is 0 Å². The van der Waals surface area contributed by atoms with E-state index in [1.807, 2.05) is 0 Å². The maximum absolute atomic E-state index is 11.0. The molecular formula is C9H13ClO4. The first-order valence-electron chi connectivity index (χ1n) is 4.05. The molecule has 0 rings (SSSR count). The van der Waals surface area contributed by atoms with Gasteiger partial charge in [-0.25, -0.2) is 4.79 Å². The summed E-state index contributed by atoms with van der Waals surface area (Å²) in [5, 5.41) is -1.03. The zero-order valence-corrected chi connectivity index (χ0v) is 8.97. The highest BCUT2D eigenvalue weighted by Gasteiger charge is 2.18. The van der Waals surface area contributed by atoms with E-state index in [-0.39, 0.29) is 13.0 Å². The molecule has 0 radical (unpaired) electrons. The minimum atomic E-state index is -1.03. The van der Waals surface area contributed by atoms with Crippen LogP contribution < -0.4 is 0 Å². The predicted molar refractivity (Wildman–Crippen MR) is 51.8 cm³/mol. The van der Waals surface area contributed by atoms with Crippen molar-refractivity contribution in [3.63, 3.8) is 0 Å². The summed E-state index contributed by atoms with van der Waals surface area (Å²) in [5.74, 6) is -1.08. The molecule has 0 fully saturated rings. The number of alkyl halides is 1. The van der Waals surface area contributed by atoms with Crippen molar-refractivity contribution in [3.8, 4) is 0 Å². The molecule has 0 aromatic heterocycles. The van der Waals surface area contributed by atoms with Gasteiger partial charge in [-0.2, -0.15) is 0 Å². The van der Waals surface area contributed by atoms with Gasteiger partial charge in [-0.3, -0.25) is 4.79 Å². The lowest BCUT2D eigenvalue weighted by atomic mass is 10.4. The molecule has 0 spiro atoms. The van der Waals surface area contributed by atoms with E-state index in [4.69, 9.17) is 16.3 Å². The fourth-order valence-corrected chi connectivity index (χ4v) is 0.702. The highest BCUT2D eigenvalue weighted by atomic mass is 35.5. The molecule has 0 heterocycles. The van der Waals surface area contributed by atoms with Crippen LogP contribution in [0, 0.1) is 0 Å². The Labute approximate surface area is 87.8 Å². The van der Waals surface area contributed by atoms with Crippen LogP contribution in [0.4, 0.5) is 0 Å². The maximum atomic E-state index is 11.0. The molecule has 0 aromatic rings. The first kappa shape index (κ1) is 13.0. The number of hydrogen-bond donors (Lipinski definition) is 0. The Balaban J connectivity index is 3.65. The molecule has 0 unspecified atom stereocenters. The Morgan fingerprint density at radius 1 is 1.50 bits per heavy atom. The van der Waals surface area contributed by atoms with Gasteiger partial charge in [0, 0.05) is 6.08 Å². The standard InChI is InChI=1S/C9H13ClO4/c1-4-7(11)13-6-5-8(12)14-9(2,3)10/h4H,1,5-6H2,2-3H3. The van der Waals surface area contributed by atoms with E-state index in [9.17, 15) is 9.59 Å². The molecule has 0 atom stereocenters. The zero-order valence-electron chi connectivity index (χ0n) is 8.21. The summed E-state index contributed by atoms with van der Waals surface area (Å²) in [4.78, 5) is 21.6. The van der Waals surface area contributed by atoms with Crippen molar-refractivity contribution in [2.75, 3.05) is 6.61 Å². The predicted octanol–water partition coefficient (Wildman–Crippen LogP) is 1.62. The van der Waals surface area contributed by atoms with E-state index < -0.39 is 17.0 Å². The molecule has 0 aromatic carbocycles. The first-order valence-corrected chi connectivity index (χ1v) is 4.43. The normalized spacial score (nSPS) is 10.5. The lowest BCUT2D eigenvalue weighted by Crippen LogP contribution is -2.22. The average molecular weight is 221 g/mol. The fraction of sp³-hybridized carbons (Fsp3) is 0.556. The zero-order chi connectivity index (χ0) is 11.2. The molecular weight excluding hydrogens is 208 g/mol. The van der Waals surface area contributed by atoms with Gasteiger partial charge in [-0.05, 0) is 13.8 Å². The van der Waals surface area contributed by atoms with Crippen LogP contribution in [-0.4, -0.2) is 23.6 Å². The van der Waals surface area contributed by atoms with E-state index in [0.29, 0.717) is 0 Å². The minimum absolute atomic E-state index is 0.0181. The van der Waals surface area contributed by atoms with E-state index in [0.717, 1.165) is 6.08 Å². The van der Waals surface area contributed by atoms with Crippen LogP contribution in [0.3, 0.4) is 0 Å². The van der Waals surface area contributed by atoms with Crippen molar-refractivity contribution in [1.29, 1.82) is 0 Å². The first-order chi connectivity index (χ1) is 6.35. The molecule has 0 saturated carbocycles. The van der Waals surface area contributed by atoms with Gasteiger partial charge in [0.25, 0.3) is 0 Å².